The molecule has 0 aliphatic heterocycles. The van der Waals surface area contributed by atoms with E-state index in [4.69, 9.17) is 11.6 Å². The van der Waals surface area contributed by atoms with E-state index in [1.807, 2.05) is 26.0 Å². The Labute approximate surface area is 206 Å². The third-order valence-electron chi connectivity index (χ3n) is 7.18. The molecule has 5 aromatic carbocycles. The zero-order chi connectivity index (χ0) is 23.3. The van der Waals surface area contributed by atoms with Gasteiger partial charge in [0, 0.05) is 5.02 Å². The van der Waals surface area contributed by atoms with Crippen LogP contribution in [0.4, 0.5) is 0 Å². The molecule has 0 atom stereocenters. The van der Waals surface area contributed by atoms with Gasteiger partial charge in [-0.05, 0) is 67.8 Å². The summed E-state index contributed by atoms with van der Waals surface area (Å²) in [5, 5.41) is 0.761. The van der Waals surface area contributed by atoms with Crippen LogP contribution in [0.2, 0.25) is 5.02 Å². The van der Waals surface area contributed by atoms with E-state index in [-0.39, 0.29) is 5.41 Å². The van der Waals surface area contributed by atoms with Crippen molar-refractivity contribution in [2.24, 2.45) is 0 Å². The Kier molecular flexibility index (Phi) is 4.94. The number of halogens is 1. The maximum absolute atomic E-state index is 6.21. The molecule has 2 aliphatic rings. The molecule has 0 heterocycles. The van der Waals surface area contributed by atoms with E-state index in [0.29, 0.717) is 0 Å². The second kappa shape index (κ2) is 8.01. The maximum Gasteiger partial charge on any atom is 0.0725 e. The highest BCUT2D eigenvalue weighted by molar-refractivity contribution is 6.30. The summed E-state index contributed by atoms with van der Waals surface area (Å²) in [5.41, 5.74) is 13.0. The Balaban J connectivity index is 0.00000106. The largest absolute Gasteiger partial charge is 0.0843 e. The fraction of sp³-hybridized carbons (Fsp3) is 0.0909. The van der Waals surface area contributed by atoms with E-state index in [1.165, 1.54) is 55.6 Å². The van der Waals surface area contributed by atoms with Crippen molar-refractivity contribution in [1.29, 1.82) is 0 Å². The smallest absolute Gasteiger partial charge is 0.0725 e. The first-order chi connectivity index (χ1) is 16.8. The Morgan fingerprint density at radius 1 is 0.441 bits per heavy atom. The van der Waals surface area contributed by atoms with Crippen molar-refractivity contribution in [2.45, 2.75) is 19.3 Å². The average molecular weight is 457 g/mol. The summed E-state index contributed by atoms with van der Waals surface area (Å²) in [6, 6.07) is 41.8. The molecule has 0 N–H and O–H groups in total. The van der Waals surface area contributed by atoms with Gasteiger partial charge in [-0.15, -0.1) is 0 Å². The van der Waals surface area contributed by atoms with Crippen molar-refractivity contribution in [2.75, 3.05) is 0 Å². The van der Waals surface area contributed by atoms with Crippen LogP contribution in [0.5, 0.6) is 0 Å². The highest BCUT2D eigenvalue weighted by Crippen LogP contribution is 2.63. The first-order valence-electron chi connectivity index (χ1n) is 12.0. The van der Waals surface area contributed by atoms with Gasteiger partial charge in [0.15, 0.2) is 0 Å². The van der Waals surface area contributed by atoms with Crippen LogP contribution in [0.25, 0.3) is 33.4 Å². The lowest BCUT2D eigenvalue weighted by Gasteiger charge is -2.30. The lowest BCUT2D eigenvalue weighted by Crippen LogP contribution is -2.25. The Bertz CT molecular complexity index is 1480. The first kappa shape index (κ1) is 21.0. The Hall–Kier alpha value is -3.61. The van der Waals surface area contributed by atoms with Crippen molar-refractivity contribution in [3.8, 4) is 33.4 Å². The molecular weight excluding hydrogens is 432 g/mol. The molecule has 1 heteroatoms. The van der Waals surface area contributed by atoms with Gasteiger partial charge in [0.25, 0.3) is 0 Å². The molecule has 0 unspecified atom stereocenters. The zero-order valence-corrected chi connectivity index (χ0v) is 20.1. The van der Waals surface area contributed by atoms with E-state index >= 15 is 0 Å². The summed E-state index contributed by atoms with van der Waals surface area (Å²) >= 11 is 6.21. The van der Waals surface area contributed by atoms with Crippen LogP contribution in [-0.2, 0) is 5.41 Å². The minimum Gasteiger partial charge on any atom is -0.0843 e. The fourth-order valence-electron chi connectivity index (χ4n) is 6.01. The molecule has 0 amide bonds. The minimum absolute atomic E-state index is 0.290. The van der Waals surface area contributed by atoms with Gasteiger partial charge in [-0.1, -0.05) is 129 Å². The summed E-state index contributed by atoms with van der Waals surface area (Å²) in [6.07, 6.45) is 0. The van der Waals surface area contributed by atoms with Crippen LogP contribution in [-0.4, -0.2) is 0 Å². The van der Waals surface area contributed by atoms with Crippen LogP contribution in [0.1, 0.15) is 36.1 Å². The van der Waals surface area contributed by atoms with Crippen LogP contribution < -0.4 is 0 Å². The van der Waals surface area contributed by atoms with Crippen LogP contribution in [0.15, 0.2) is 115 Å². The third-order valence-corrected chi connectivity index (χ3v) is 7.43. The van der Waals surface area contributed by atoms with Crippen LogP contribution in [0, 0.1) is 0 Å². The van der Waals surface area contributed by atoms with Gasteiger partial charge in [0.05, 0.1) is 5.41 Å². The summed E-state index contributed by atoms with van der Waals surface area (Å²) in [7, 11) is 0. The van der Waals surface area contributed by atoms with E-state index in [9.17, 15) is 0 Å². The van der Waals surface area contributed by atoms with Gasteiger partial charge in [-0.25, -0.2) is 0 Å². The topological polar surface area (TPSA) is 0 Å². The van der Waals surface area contributed by atoms with Gasteiger partial charge < -0.3 is 0 Å². The van der Waals surface area contributed by atoms with E-state index in [2.05, 4.69) is 103 Å². The number of fused-ring (bicyclic) bond motifs is 10. The molecular formula is C33H25Cl. The van der Waals surface area contributed by atoms with Crippen molar-refractivity contribution in [3.05, 3.63) is 143 Å². The lowest BCUT2D eigenvalue weighted by molar-refractivity contribution is 0.794. The maximum atomic E-state index is 6.21. The summed E-state index contributed by atoms with van der Waals surface area (Å²) in [6.45, 7) is 4.00. The minimum atomic E-state index is -0.290. The Morgan fingerprint density at radius 2 is 0.882 bits per heavy atom. The number of hydrogen-bond acceptors (Lipinski definition) is 0. The van der Waals surface area contributed by atoms with Gasteiger partial charge >= 0.3 is 0 Å². The van der Waals surface area contributed by atoms with Gasteiger partial charge in [0.2, 0.25) is 0 Å². The van der Waals surface area contributed by atoms with Crippen LogP contribution >= 0.6 is 11.6 Å². The zero-order valence-electron chi connectivity index (χ0n) is 19.3. The quantitative estimate of drug-likeness (QED) is 0.231. The monoisotopic (exact) mass is 456 g/mol. The van der Waals surface area contributed by atoms with Crippen molar-refractivity contribution in [1.82, 2.24) is 0 Å². The fourth-order valence-corrected chi connectivity index (χ4v) is 6.14. The number of benzene rings is 5. The standard InChI is InChI=1S/C31H19Cl.C2H6/c32-21-18-16-20(17-19-21)22-11-7-15-29-30(22)25-10-3-6-14-28(25)31(29)26-12-4-1-8-23(26)24-9-2-5-13-27(24)31;1-2/h1-19H;1-2H3. The molecule has 0 aromatic heterocycles. The normalized spacial score (nSPS) is 13.4. The highest BCUT2D eigenvalue weighted by Gasteiger charge is 2.51. The molecule has 0 saturated heterocycles. The summed E-state index contributed by atoms with van der Waals surface area (Å²) in [4.78, 5) is 0. The SMILES string of the molecule is CC.Clc1ccc(-c2cccc3c2-c2ccccc2C32c3ccccc3-c3ccccc32)cc1. The third kappa shape index (κ3) is 2.67. The molecule has 0 saturated carbocycles. The highest BCUT2D eigenvalue weighted by atomic mass is 35.5. The van der Waals surface area contributed by atoms with Crippen molar-refractivity contribution in [3.63, 3.8) is 0 Å². The Morgan fingerprint density at radius 3 is 1.47 bits per heavy atom. The first-order valence-corrected chi connectivity index (χ1v) is 12.4. The number of rotatable bonds is 1. The molecule has 0 nitrogen and oxygen atoms in total. The van der Waals surface area contributed by atoms with Crippen LogP contribution in [0.3, 0.4) is 0 Å². The van der Waals surface area contributed by atoms with Gasteiger partial charge in [-0.2, -0.15) is 0 Å². The molecule has 0 radical (unpaired) electrons. The van der Waals surface area contributed by atoms with Crippen molar-refractivity contribution < 1.29 is 0 Å². The van der Waals surface area contributed by atoms with Crippen molar-refractivity contribution >= 4 is 11.6 Å². The number of hydrogen-bond donors (Lipinski definition) is 0. The predicted molar refractivity (Wildman–Crippen MR) is 145 cm³/mol. The lowest BCUT2D eigenvalue weighted by atomic mass is 9.70. The molecule has 34 heavy (non-hydrogen) atoms. The molecule has 5 aromatic rings. The van der Waals surface area contributed by atoms with E-state index in [1.54, 1.807) is 0 Å². The second-order valence-corrected chi connectivity index (χ2v) is 9.06. The molecule has 7 rings (SSSR count). The summed E-state index contributed by atoms with van der Waals surface area (Å²) in [5.74, 6) is 0. The molecule has 2 aliphatic carbocycles. The molecule has 0 bridgehead atoms. The molecule has 164 valence electrons. The van der Waals surface area contributed by atoms with Gasteiger partial charge in [-0.3, -0.25) is 0 Å². The predicted octanol–water partition coefficient (Wildman–Crippen LogP) is 9.38. The summed E-state index contributed by atoms with van der Waals surface area (Å²) < 4.78 is 0. The van der Waals surface area contributed by atoms with E-state index in [0.717, 1.165) is 5.02 Å². The van der Waals surface area contributed by atoms with E-state index < -0.39 is 0 Å². The second-order valence-electron chi connectivity index (χ2n) is 8.62. The van der Waals surface area contributed by atoms with Gasteiger partial charge in [0.1, 0.15) is 0 Å². The molecule has 1 spiro atoms. The average Bonchev–Trinajstić information content (AvgIpc) is 3.38. The molecule has 0 fully saturated rings.